The molecule has 3 heterocycles. The molecule has 1 aliphatic carbocycles. The Morgan fingerprint density at radius 1 is 1.06 bits per heavy atom. The van der Waals surface area contributed by atoms with E-state index in [1.165, 1.54) is 31.2 Å². The van der Waals surface area contributed by atoms with E-state index in [0.717, 1.165) is 36.8 Å². The van der Waals surface area contributed by atoms with Gasteiger partial charge in [-0.15, -0.1) is 0 Å². The lowest BCUT2D eigenvalue weighted by atomic mass is 9.95. The van der Waals surface area contributed by atoms with Crippen LogP contribution in [0.3, 0.4) is 0 Å². The van der Waals surface area contributed by atoms with Gasteiger partial charge in [-0.05, 0) is 74.1 Å². The van der Waals surface area contributed by atoms with Crippen molar-refractivity contribution in [3.8, 4) is 17.1 Å². The summed E-state index contributed by atoms with van der Waals surface area (Å²) in [5.74, 6) is 2.38. The summed E-state index contributed by atoms with van der Waals surface area (Å²) in [6, 6.07) is 12.9. The van der Waals surface area contributed by atoms with Crippen molar-refractivity contribution in [2.75, 3.05) is 13.2 Å². The fourth-order valence-corrected chi connectivity index (χ4v) is 4.60. The molecule has 0 bridgehead atoms. The summed E-state index contributed by atoms with van der Waals surface area (Å²) >= 11 is 0. The molecule has 0 amide bonds. The molecular formula is C25H29N3O4. The molecule has 2 aliphatic rings. The highest BCUT2D eigenvalue weighted by Crippen LogP contribution is 2.33. The van der Waals surface area contributed by atoms with Crippen LogP contribution in [-0.4, -0.2) is 45.4 Å². The third-order valence-corrected chi connectivity index (χ3v) is 6.16. The number of ether oxygens (including phenoxy) is 2. The van der Waals surface area contributed by atoms with Crippen molar-refractivity contribution in [2.24, 2.45) is 5.92 Å². The average molecular weight is 436 g/mol. The van der Waals surface area contributed by atoms with Gasteiger partial charge in [-0.25, -0.2) is 4.98 Å². The number of hydrogen-bond acceptors (Lipinski definition) is 5. The standard InChI is InChI=1S/C24H27N3O2.CH2O2/c1-2-4-21(3-1)29-22-7-5-19(6-8-22)24-26-13-14-27(24)23-17-28-16-20(23)15-18-9-11-25-12-10-18;2-1-3/h5-14,20-21,23H,1-4,15-17H2;1H,(H,2,3)/t20-,23-;/m1./s1. The zero-order chi connectivity index (χ0) is 22.2. The van der Waals surface area contributed by atoms with E-state index in [2.05, 4.69) is 57.1 Å². The number of carbonyl (C=O) groups is 1. The predicted molar refractivity (Wildman–Crippen MR) is 121 cm³/mol. The van der Waals surface area contributed by atoms with Crippen LogP contribution < -0.4 is 4.74 Å². The molecule has 1 saturated carbocycles. The van der Waals surface area contributed by atoms with E-state index < -0.39 is 0 Å². The minimum atomic E-state index is -0.250. The van der Waals surface area contributed by atoms with Crippen LogP contribution in [0.1, 0.15) is 37.3 Å². The van der Waals surface area contributed by atoms with Crippen LogP contribution >= 0.6 is 0 Å². The van der Waals surface area contributed by atoms with Gasteiger partial charge in [-0.1, -0.05) is 0 Å². The molecule has 2 aromatic heterocycles. The van der Waals surface area contributed by atoms with E-state index in [0.29, 0.717) is 12.0 Å². The maximum absolute atomic E-state index is 8.36. The number of carboxylic acid groups (broad SMARTS) is 1. The second-order valence-electron chi connectivity index (χ2n) is 8.24. The molecule has 7 heteroatoms. The van der Waals surface area contributed by atoms with E-state index >= 15 is 0 Å². The molecule has 2 atom stereocenters. The van der Waals surface area contributed by atoms with Crippen molar-refractivity contribution >= 4 is 6.47 Å². The first kappa shape index (κ1) is 22.0. The van der Waals surface area contributed by atoms with Gasteiger partial charge in [0.05, 0.1) is 25.4 Å². The summed E-state index contributed by atoms with van der Waals surface area (Å²) in [6.45, 7) is 1.25. The van der Waals surface area contributed by atoms with Gasteiger partial charge in [0.15, 0.2) is 0 Å². The first-order valence-electron chi connectivity index (χ1n) is 11.1. The molecule has 3 aromatic rings. The van der Waals surface area contributed by atoms with Crippen molar-refractivity contribution in [3.05, 3.63) is 66.7 Å². The number of benzene rings is 1. The van der Waals surface area contributed by atoms with Gasteiger partial charge in [0.1, 0.15) is 11.6 Å². The van der Waals surface area contributed by atoms with Crippen LogP contribution in [0.2, 0.25) is 0 Å². The summed E-state index contributed by atoms with van der Waals surface area (Å²) in [7, 11) is 0. The number of imidazole rings is 1. The zero-order valence-electron chi connectivity index (χ0n) is 18.0. The van der Waals surface area contributed by atoms with Crippen LogP contribution in [0, 0.1) is 5.92 Å². The Morgan fingerprint density at radius 3 is 2.50 bits per heavy atom. The first-order chi connectivity index (χ1) is 15.8. The summed E-state index contributed by atoms with van der Waals surface area (Å²) in [5, 5.41) is 6.89. The SMILES string of the molecule is O=CO.c1cc(C[C@@H]2COC[C@H]2n2ccnc2-c2ccc(OC3CCCC3)cc2)ccn1. The minimum absolute atomic E-state index is 0.250. The maximum Gasteiger partial charge on any atom is 0.290 e. The molecule has 7 nitrogen and oxygen atoms in total. The average Bonchev–Trinajstić information content (AvgIpc) is 3.58. The smallest absolute Gasteiger partial charge is 0.290 e. The van der Waals surface area contributed by atoms with Gasteiger partial charge in [0, 0.05) is 36.3 Å². The van der Waals surface area contributed by atoms with Crippen LogP contribution in [0.15, 0.2) is 61.2 Å². The Morgan fingerprint density at radius 2 is 1.78 bits per heavy atom. The first-order valence-corrected chi connectivity index (χ1v) is 11.1. The molecule has 1 N–H and O–H groups in total. The van der Waals surface area contributed by atoms with Crippen molar-refractivity contribution in [1.29, 1.82) is 0 Å². The third-order valence-electron chi connectivity index (χ3n) is 6.16. The zero-order valence-corrected chi connectivity index (χ0v) is 18.0. The predicted octanol–water partition coefficient (Wildman–Crippen LogP) is 4.40. The normalized spacial score (nSPS) is 20.5. The second kappa shape index (κ2) is 10.9. The number of hydrogen-bond donors (Lipinski definition) is 1. The molecule has 5 rings (SSSR count). The molecule has 0 unspecified atom stereocenters. The molecule has 0 spiro atoms. The van der Waals surface area contributed by atoms with Crippen molar-refractivity contribution < 1.29 is 19.4 Å². The van der Waals surface area contributed by atoms with Crippen molar-refractivity contribution in [3.63, 3.8) is 0 Å². The minimum Gasteiger partial charge on any atom is -0.490 e. The lowest BCUT2D eigenvalue weighted by molar-refractivity contribution is -0.122. The summed E-state index contributed by atoms with van der Waals surface area (Å²) in [6.07, 6.45) is 14.0. The summed E-state index contributed by atoms with van der Waals surface area (Å²) in [5.41, 5.74) is 2.42. The van der Waals surface area contributed by atoms with Crippen LogP contribution in [0.25, 0.3) is 11.4 Å². The van der Waals surface area contributed by atoms with Gasteiger partial charge >= 0.3 is 0 Å². The molecule has 1 saturated heterocycles. The summed E-state index contributed by atoms with van der Waals surface area (Å²) < 4.78 is 14.3. The quantitative estimate of drug-likeness (QED) is 0.578. The number of pyridine rings is 1. The lowest BCUT2D eigenvalue weighted by Gasteiger charge is -2.21. The summed E-state index contributed by atoms with van der Waals surface area (Å²) in [4.78, 5) is 17.1. The van der Waals surface area contributed by atoms with Crippen LogP contribution in [0.4, 0.5) is 0 Å². The Balaban J connectivity index is 0.000000775. The highest BCUT2D eigenvalue weighted by atomic mass is 16.5. The van der Waals surface area contributed by atoms with Gasteiger partial charge in [-0.3, -0.25) is 9.78 Å². The van der Waals surface area contributed by atoms with E-state index in [1.807, 2.05) is 18.6 Å². The monoisotopic (exact) mass is 435 g/mol. The van der Waals surface area contributed by atoms with Gasteiger partial charge < -0.3 is 19.1 Å². The topological polar surface area (TPSA) is 86.5 Å². The Bertz CT molecular complexity index is 968. The molecule has 1 aromatic carbocycles. The molecule has 32 heavy (non-hydrogen) atoms. The molecular weight excluding hydrogens is 406 g/mol. The fourth-order valence-electron chi connectivity index (χ4n) is 4.60. The Hall–Kier alpha value is -3.19. The maximum atomic E-state index is 8.36. The molecule has 1 aliphatic heterocycles. The van der Waals surface area contributed by atoms with E-state index in [-0.39, 0.29) is 12.5 Å². The largest absolute Gasteiger partial charge is 0.490 e. The highest BCUT2D eigenvalue weighted by Gasteiger charge is 2.31. The molecule has 168 valence electrons. The van der Waals surface area contributed by atoms with E-state index in [9.17, 15) is 0 Å². The number of nitrogens with zero attached hydrogens (tertiary/aromatic N) is 3. The fraction of sp³-hybridized carbons (Fsp3) is 0.400. The molecule has 2 fully saturated rings. The highest BCUT2D eigenvalue weighted by molar-refractivity contribution is 5.57. The van der Waals surface area contributed by atoms with E-state index in [4.69, 9.17) is 19.4 Å². The third kappa shape index (κ3) is 5.34. The second-order valence-corrected chi connectivity index (χ2v) is 8.24. The van der Waals surface area contributed by atoms with Crippen LogP contribution in [-0.2, 0) is 16.0 Å². The van der Waals surface area contributed by atoms with Gasteiger partial charge in [0.25, 0.3) is 6.47 Å². The lowest BCUT2D eigenvalue weighted by Crippen LogP contribution is -2.20. The number of rotatable bonds is 6. The van der Waals surface area contributed by atoms with Crippen molar-refractivity contribution in [1.82, 2.24) is 14.5 Å². The van der Waals surface area contributed by atoms with Gasteiger partial charge in [0.2, 0.25) is 0 Å². The van der Waals surface area contributed by atoms with Crippen molar-refractivity contribution in [2.45, 2.75) is 44.2 Å². The Kier molecular flexibility index (Phi) is 7.51. The van der Waals surface area contributed by atoms with Gasteiger partial charge in [-0.2, -0.15) is 0 Å². The van der Waals surface area contributed by atoms with E-state index in [1.54, 1.807) is 0 Å². The molecule has 0 radical (unpaired) electrons. The van der Waals surface area contributed by atoms with Crippen LogP contribution in [0.5, 0.6) is 5.75 Å². The number of aromatic nitrogens is 3. The Labute approximate surface area is 188 Å².